The molecule has 1 aliphatic rings. The fourth-order valence-electron chi connectivity index (χ4n) is 0.954. The molecule has 14 heavy (non-hydrogen) atoms. The van der Waals surface area contributed by atoms with Gasteiger partial charge in [-0.05, 0) is 11.4 Å². The smallest absolute Gasteiger partial charge is 0.279 e. The zero-order valence-corrected chi connectivity index (χ0v) is 8.72. The van der Waals surface area contributed by atoms with E-state index >= 15 is 0 Å². The normalized spacial score (nSPS) is 18.1. The van der Waals surface area contributed by atoms with Gasteiger partial charge in [-0.1, -0.05) is 6.07 Å². The molecule has 1 aromatic heterocycles. The molecule has 2 heterocycles. The molecule has 0 atom stereocenters. The summed E-state index contributed by atoms with van der Waals surface area (Å²) in [5.74, 6) is 0.290. The molecule has 0 aromatic carbocycles. The molecule has 0 bridgehead atoms. The van der Waals surface area contributed by atoms with Gasteiger partial charge in [-0.15, -0.1) is 11.3 Å². The number of allylic oxidation sites excluding steroid dienone is 1. The second-order valence-electron chi connectivity index (χ2n) is 2.64. The van der Waals surface area contributed by atoms with Crippen LogP contribution in [0.4, 0.5) is 0 Å². The second kappa shape index (κ2) is 3.55. The number of rotatable bonds is 3. The largest absolute Gasteiger partial charge is 0.486 e. The first-order valence-electron chi connectivity index (χ1n) is 3.83. The molecule has 0 aliphatic carbocycles. The molecule has 1 aliphatic heterocycles. The van der Waals surface area contributed by atoms with Crippen LogP contribution in [0, 0.1) is 0 Å². The van der Waals surface area contributed by atoms with Crippen LogP contribution >= 0.6 is 11.3 Å². The van der Waals surface area contributed by atoms with Gasteiger partial charge in [0.05, 0.1) is 11.6 Å². The third-order valence-electron chi connectivity index (χ3n) is 1.55. The number of ether oxygens (including phenoxy) is 1. The summed E-state index contributed by atoms with van der Waals surface area (Å²) < 4.78 is 30.2. The summed E-state index contributed by atoms with van der Waals surface area (Å²) in [5, 5.41) is 2.95. The zero-order chi connectivity index (χ0) is 10.0. The maximum absolute atomic E-state index is 10.9. The van der Waals surface area contributed by atoms with Gasteiger partial charge in [0.2, 0.25) is 0 Å². The average Bonchev–Trinajstić information content (AvgIpc) is 2.70. The zero-order valence-electron chi connectivity index (χ0n) is 7.08. The van der Waals surface area contributed by atoms with E-state index in [1.54, 1.807) is 11.3 Å². The lowest BCUT2D eigenvalue weighted by atomic mass is 10.5. The Kier molecular flexibility index (Phi) is 2.39. The van der Waals surface area contributed by atoms with E-state index < -0.39 is 10.0 Å². The Morgan fingerprint density at radius 2 is 2.36 bits per heavy atom. The van der Waals surface area contributed by atoms with Crippen molar-refractivity contribution in [3.05, 3.63) is 33.6 Å². The molecule has 74 valence electrons. The summed E-state index contributed by atoms with van der Waals surface area (Å²) in [4.78, 5) is 1.04. The van der Waals surface area contributed by atoms with E-state index in [1.807, 2.05) is 17.5 Å². The van der Waals surface area contributed by atoms with Crippen molar-refractivity contribution in [2.24, 2.45) is 4.40 Å². The van der Waals surface area contributed by atoms with Crippen molar-refractivity contribution in [2.75, 3.05) is 0 Å². The average molecular weight is 229 g/mol. The molecule has 0 N–H and O–H groups in total. The predicted molar refractivity (Wildman–Crippen MR) is 54.6 cm³/mol. The Bertz CT molecular complexity index is 471. The first kappa shape index (κ1) is 9.42. The summed E-state index contributed by atoms with van der Waals surface area (Å²) in [7, 11) is -3.40. The molecule has 2 rings (SSSR count). The molecule has 0 saturated heterocycles. The first-order chi connectivity index (χ1) is 6.66. The highest BCUT2D eigenvalue weighted by atomic mass is 32.2. The maximum Gasteiger partial charge on any atom is 0.279 e. The van der Waals surface area contributed by atoms with Crippen LogP contribution in [-0.2, 0) is 21.4 Å². The number of hydrogen-bond donors (Lipinski definition) is 0. The van der Waals surface area contributed by atoms with Crippen LogP contribution < -0.4 is 0 Å². The lowest BCUT2D eigenvalue weighted by molar-refractivity contribution is 0.223. The van der Waals surface area contributed by atoms with Gasteiger partial charge in [0.15, 0.2) is 5.76 Å². The monoisotopic (exact) mass is 229 g/mol. The highest BCUT2D eigenvalue weighted by Gasteiger charge is 2.13. The minimum Gasteiger partial charge on any atom is -0.486 e. The van der Waals surface area contributed by atoms with Gasteiger partial charge in [-0.25, -0.2) is 0 Å². The summed E-state index contributed by atoms with van der Waals surface area (Å²) in [6, 6.07) is 3.84. The molecule has 1 aromatic rings. The van der Waals surface area contributed by atoms with Crippen molar-refractivity contribution in [2.45, 2.75) is 6.61 Å². The molecule has 6 heteroatoms. The maximum atomic E-state index is 10.9. The van der Waals surface area contributed by atoms with E-state index in [1.165, 1.54) is 6.21 Å². The number of nitrogens with zero attached hydrogens (tertiary/aromatic N) is 1. The fraction of sp³-hybridized carbons (Fsp3) is 0.125. The van der Waals surface area contributed by atoms with E-state index in [0.717, 1.165) is 10.3 Å². The Hall–Kier alpha value is -1.14. The van der Waals surface area contributed by atoms with Gasteiger partial charge in [0.25, 0.3) is 10.0 Å². The van der Waals surface area contributed by atoms with E-state index in [2.05, 4.69) is 4.40 Å². The van der Waals surface area contributed by atoms with E-state index in [9.17, 15) is 8.42 Å². The highest BCUT2D eigenvalue weighted by Crippen LogP contribution is 2.15. The number of hydrogen-bond acceptors (Lipinski definition) is 4. The molecule has 4 nitrogen and oxygen atoms in total. The van der Waals surface area contributed by atoms with Crippen LogP contribution in [0.3, 0.4) is 0 Å². The minimum atomic E-state index is -3.40. The molecule has 0 unspecified atom stereocenters. The van der Waals surface area contributed by atoms with Gasteiger partial charge in [-0.2, -0.15) is 12.8 Å². The van der Waals surface area contributed by atoms with Crippen molar-refractivity contribution in [1.82, 2.24) is 0 Å². The van der Waals surface area contributed by atoms with Crippen molar-refractivity contribution in [3.63, 3.8) is 0 Å². The van der Waals surface area contributed by atoms with E-state index in [0.29, 0.717) is 12.4 Å². The van der Waals surface area contributed by atoms with Crippen molar-refractivity contribution >= 4 is 27.6 Å². The van der Waals surface area contributed by atoms with Crippen LogP contribution in [0.15, 0.2) is 33.1 Å². The first-order valence-corrected chi connectivity index (χ1v) is 6.21. The summed E-state index contributed by atoms with van der Waals surface area (Å²) >= 11 is 1.56. The Morgan fingerprint density at radius 3 is 2.93 bits per heavy atom. The molecular weight excluding hydrogens is 222 g/mol. The van der Waals surface area contributed by atoms with Crippen LogP contribution in [0.25, 0.3) is 0 Å². The quantitative estimate of drug-likeness (QED) is 0.789. The van der Waals surface area contributed by atoms with Crippen molar-refractivity contribution < 1.29 is 13.2 Å². The minimum absolute atomic E-state index is 0.290. The topological polar surface area (TPSA) is 55.7 Å². The highest BCUT2D eigenvalue weighted by molar-refractivity contribution is 7.93. The van der Waals surface area contributed by atoms with Gasteiger partial charge in [0.1, 0.15) is 6.61 Å². The Morgan fingerprint density at radius 1 is 1.50 bits per heavy atom. The number of thiophene rings is 1. The lowest BCUT2D eigenvalue weighted by Crippen LogP contribution is -1.90. The van der Waals surface area contributed by atoms with Gasteiger partial charge >= 0.3 is 0 Å². The van der Waals surface area contributed by atoms with Crippen LogP contribution in [0.5, 0.6) is 0 Å². The van der Waals surface area contributed by atoms with Gasteiger partial charge < -0.3 is 4.74 Å². The molecular formula is C8H7NO3S2. The molecule has 0 fully saturated rings. The van der Waals surface area contributed by atoms with Crippen LogP contribution in [0.2, 0.25) is 0 Å². The summed E-state index contributed by atoms with van der Waals surface area (Å²) in [5.41, 5.74) is 0. The third-order valence-corrected chi connectivity index (χ3v) is 3.33. The van der Waals surface area contributed by atoms with Crippen LogP contribution in [0.1, 0.15) is 4.88 Å². The van der Waals surface area contributed by atoms with Gasteiger partial charge in [-0.3, -0.25) is 0 Å². The molecule has 0 spiro atoms. The van der Waals surface area contributed by atoms with Gasteiger partial charge in [0, 0.05) is 4.88 Å². The van der Waals surface area contributed by atoms with Crippen LogP contribution in [-0.4, -0.2) is 14.6 Å². The fourth-order valence-corrected chi connectivity index (χ4v) is 2.30. The summed E-state index contributed by atoms with van der Waals surface area (Å²) in [6.07, 6.45) is 1.21. The molecule has 0 radical (unpaired) electrons. The molecule has 0 amide bonds. The standard InChI is InChI=1S/C8H7NO3S2/c10-14(11)6-7(4-9-14)12-5-8-2-1-3-13-8/h1-4,6H,5H2. The third kappa shape index (κ3) is 2.21. The second-order valence-corrected chi connectivity index (χ2v) is 5.15. The van der Waals surface area contributed by atoms with Crippen molar-refractivity contribution in [1.29, 1.82) is 0 Å². The summed E-state index contributed by atoms with van der Waals surface area (Å²) in [6.45, 7) is 0.380. The predicted octanol–water partition coefficient (Wildman–Crippen LogP) is 1.52. The number of sulfonamides is 1. The van der Waals surface area contributed by atoms with E-state index in [-0.39, 0.29) is 0 Å². The molecule has 0 saturated carbocycles. The SMILES string of the molecule is O=S1(=O)C=C(OCc2cccs2)C=N1. The lowest BCUT2D eigenvalue weighted by Gasteiger charge is -2.00. The van der Waals surface area contributed by atoms with E-state index in [4.69, 9.17) is 4.74 Å². The Labute approximate surface area is 85.6 Å². The van der Waals surface area contributed by atoms with Crippen molar-refractivity contribution in [3.8, 4) is 0 Å². The Balaban J connectivity index is 1.99.